The SMILES string of the molecule is COc1ccccc1NC(=S)N/N=C/c1ccc(N(C)CCO)cc1. The number of anilines is 2. The maximum atomic E-state index is 8.96. The average molecular weight is 358 g/mol. The van der Waals surface area contributed by atoms with Gasteiger partial charge in [-0.15, -0.1) is 0 Å². The zero-order chi connectivity index (χ0) is 18.1. The molecule has 25 heavy (non-hydrogen) atoms. The summed E-state index contributed by atoms with van der Waals surface area (Å²) in [6.45, 7) is 0.720. The molecule has 0 aromatic heterocycles. The van der Waals surface area contributed by atoms with E-state index in [4.69, 9.17) is 22.1 Å². The van der Waals surface area contributed by atoms with E-state index >= 15 is 0 Å². The topological polar surface area (TPSA) is 69.1 Å². The number of methoxy groups -OCH3 is 1. The number of aliphatic hydroxyl groups is 1. The molecule has 6 nitrogen and oxygen atoms in total. The third-order valence-corrected chi connectivity index (χ3v) is 3.70. The van der Waals surface area contributed by atoms with E-state index in [1.54, 1.807) is 13.3 Å². The highest BCUT2D eigenvalue weighted by Gasteiger charge is 2.03. The fourth-order valence-corrected chi connectivity index (χ4v) is 2.32. The molecule has 0 radical (unpaired) electrons. The molecule has 0 amide bonds. The summed E-state index contributed by atoms with van der Waals surface area (Å²) in [5.41, 5.74) is 5.52. The van der Waals surface area contributed by atoms with Gasteiger partial charge >= 0.3 is 0 Å². The quantitative estimate of drug-likeness (QED) is 0.401. The van der Waals surface area contributed by atoms with Crippen molar-refractivity contribution in [2.45, 2.75) is 0 Å². The average Bonchev–Trinajstić information content (AvgIpc) is 2.63. The van der Waals surface area contributed by atoms with Crippen LogP contribution in [-0.2, 0) is 0 Å². The fourth-order valence-electron chi connectivity index (χ4n) is 2.16. The van der Waals surface area contributed by atoms with Gasteiger partial charge in [0.1, 0.15) is 5.75 Å². The summed E-state index contributed by atoms with van der Waals surface area (Å²) in [7, 11) is 3.54. The number of nitrogens with zero attached hydrogens (tertiary/aromatic N) is 2. The molecule has 0 atom stereocenters. The first-order chi connectivity index (χ1) is 12.1. The third kappa shape index (κ3) is 5.74. The first-order valence-corrected chi connectivity index (χ1v) is 8.20. The minimum Gasteiger partial charge on any atom is -0.495 e. The second kappa shape index (κ2) is 9.61. The number of thiocarbonyl (C=S) groups is 1. The Balaban J connectivity index is 1.88. The van der Waals surface area contributed by atoms with Crippen molar-refractivity contribution < 1.29 is 9.84 Å². The van der Waals surface area contributed by atoms with Gasteiger partial charge < -0.3 is 20.1 Å². The number of rotatable bonds is 7. The zero-order valence-corrected chi connectivity index (χ0v) is 15.1. The van der Waals surface area contributed by atoms with Gasteiger partial charge in [0.15, 0.2) is 5.11 Å². The van der Waals surface area contributed by atoms with E-state index in [0.717, 1.165) is 16.9 Å². The maximum absolute atomic E-state index is 8.96. The number of aliphatic hydroxyl groups excluding tert-OH is 1. The number of hydrogen-bond acceptors (Lipinski definition) is 5. The van der Waals surface area contributed by atoms with Gasteiger partial charge in [-0.25, -0.2) is 0 Å². The number of hydrazone groups is 1. The van der Waals surface area contributed by atoms with Crippen molar-refractivity contribution in [3.05, 3.63) is 54.1 Å². The summed E-state index contributed by atoms with van der Waals surface area (Å²) in [5.74, 6) is 0.707. The van der Waals surface area contributed by atoms with Crippen LogP contribution in [0.1, 0.15) is 5.56 Å². The van der Waals surface area contributed by atoms with Gasteiger partial charge in [0.25, 0.3) is 0 Å². The Bertz CT molecular complexity index is 719. The highest BCUT2D eigenvalue weighted by molar-refractivity contribution is 7.80. The summed E-state index contributed by atoms with van der Waals surface area (Å²) in [5, 5.41) is 16.5. The molecule has 3 N–H and O–H groups in total. The van der Waals surface area contributed by atoms with Crippen LogP contribution in [0.25, 0.3) is 0 Å². The molecule has 2 aromatic carbocycles. The minimum atomic E-state index is 0.125. The highest BCUT2D eigenvalue weighted by atomic mass is 32.1. The minimum absolute atomic E-state index is 0.125. The lowest BCUT2D eigenvalue weighted by Crippen LogP contribution is -2.24. The van der Waals surface area contributed by atoms with Gasteiger partial charge in [0.05, 0.1) is 25.6 Å². The van der Waals surface area contributed by atoms with Crippen molar-refractivity contribution in [3.8, 4) is 5.75 Å². The molecule has 0 spiro atoms. The molecule has 2 aromatic rings. The number of ether oxygens (including phenoxy) is 1. The molecule has 7 heteroatoms. The largest absolute Gasteiger partial charge is 0.495 e. The zero-order valence-electron chi connectivity index (χ0n) is 14.3. The lowest BCUT2D eigenvalue weighted by Gasteiger charge is -2.17. The van der Waals surface area contributed by atoms with Crippen molar-refractivity contribution in [2.24, 2.45) is 5.10 Å². The van der Waals surface area contributed by atoms with Crippen molar-refractivity contribution in [2.75, 3.05) is 37.5 Å². The molecular weight excluding hydrogens is 336 g/mol. The summed E-state index contributed by atoms with van der Waals surface area (Å²) in [6, 6.07) is 15.4. The van der Waals surface area contributed by atoms with Gasteiger partial charge in [-0.1, -0.05) is 24.3 Å². The van der Waals surface area contributed by atoms with E-state index in [1.807, 2.05) is 60.5 Å². The molecule has 0 aliphatic carbocycles. The van der Waals surface area contributed by atoms with E-state index in [-0.39, 0.29) is 6.61 Å². The summed E-state index contributed by atoms with van der Waals surface area (Å²) in [6.07, 6.45) is 1.69. The van der Waals surface area contributed by atoms with Gasteiger partial charge in [0.2, 0.25) is 0 Å². The molecule has 0 saturated heterocycles. The van der Waals surface area contributed by atoms with Crippen LogP contribution in [0.3, 0.4) is 0 Å². The van der Waals surface area contributed by atoms with E-state index in [0.29, 0.717) is 17.4 Å². The van der Waals surface area contributed by atoms with Crippen molar-refractivity contribution in [3.63, 3.8) is 0 Å². The van der Waals surface area contributed by atoms with Crippen LogP contribution in [0.2, 0.25) is 0 Å². The third-order valence-electron chi connectivity index (χ3n) is 3.50. The number of benzene rings is 2. The lowest BCUT2D eigenvalue weighted by atomic mass is 10.2. The molecule has 0 aliphatic rings. The molecule has 0 aliphatic heterocycles. The number of hydrogen-bond donors (Lipinski definition) is 3. The molecular formula is C18H22N4O2S. The van der Waals surface area contributed by atoms with Crippen LogP contribution >= 0.6 is 12.2 Å². The predicted molar refractivity (Wildman–Crippen MR) is 107 cm³/mol. The fraction of sp³-hybridized carbons (Fsp3) is 0.222. The molecule has 0 saturated carbocycles. The Labute approximate surface area is 153 Å². The normalized spacial score (nSPS) is 10.5. The van der Waals surface area contributed by atoms with Crippen LogP contribution in [0, 0.1) is 0 Å². The van der Waals surface area contributed by atoms with Gasteiger partial charge in [-0.2, -0.15) is 5.10 Å². The Morgan fingerprint density at radius 3 is 2.64 bits per heavy atom. The summed E-state index contributed by atoms with van der Waals surface area (Å²) >= 11 is 5.22. The smallest absolute Gasteiger partial charge is 0.191 e. The number of likely N-dealkylation sites (N-methyl/N-ethyl adjacent to an activating group) is 1. The Morgan fingerprint density at radius 1 is 1.24 bits per heavy atom. The van der Waals surface area contributed by atoms with Gasteiger partial charge in [-0.05, 0) is 42.0 Å². The molecule has 0 heterocycles. The second-order valence-electron chi connectivity index (χ2n) is 5.26. The molecule has 2 rings (SSSR count). The van der Waals surface area contributed by atoms with E-state index < -0.39 is 0 Å². The van der Waals surface area contributed by atoms with Crippen molar-refractivity contribution in [1.82, 2.24) is 5.43 Å². The molecule has 0 unspecified atom stereocenters. The van der Waals surface area contributed by atoms with Crippen LogP contribution in [0.15, 0.2) is 53.6 Å². The van der Waals surface area contributed by atoms with Crippen LogP contribution in [0.5, 0.6) is 5.75 Å². The standard InChI is InChI=1S/C18H22N4O2S/c1-22(11-12-23)15-9-7-14(8-10-15)13-19-21-18(25)20-16-5-3-4-6-17(16)24-2/h3-10,13,23H,11-12H2,1-2H3,(H2,20,21,25)/b19-13+. The monoisotopic (exact) mass is 358 g/mol. The summed E-state index contributed by atoms with van der Waals surface area (Å²) < 4.78 is 5.26. The first-order valence-electron chi connectivity index (χ1n) is 7.79. The van der Waals surface area contributed by atoms with E-state index in [1.165, 1.54) is 0 Å². The number of nitrogens with one attached hydrogen (secondary N) is 2. The molecule has 0 fully saturated rings. The first kappa shape index (κ1) is 18.7. The molecule has 132 valence electrons. The number of para-hydroxylation sites is 2. The summed E-state index contributed by atoms with van der Waals surface area (Å²) in [4.78, 5) is 1.98. The Kier molecular flexibility index (Phi) is 7.18. The van der Waals surface area contributed by atoms with Crippen LogP contribution < -0.4 is 20.4 Å². The van der Waals surface area contributed by atoms with Crippen molar-refractivity contribution in [1.29, 1.82) is 0 Å². The van der Waals surface area contributed by atoms with Crippen molar-refractivity contribution >= 4 is 34.9 Å². The van der Waals surface area contributed by atoms with Gasteiger partial charge in [0, 0.05) is 19.3 Å². The van der Waals surface area contributed by atoms with Gasteiger partial charge in [-0.3, -0.25) is 5.43 Å². The Morgan fingerprint density at radius 2 is 1.96 bits per heavy atom. The highest BCUT2D eigenvalue weighted by Crippen LogP contribution is 2.22. The second-order valence-corrected chi connectivity index (χ2v) is 5.67. The Hall–Kier alpha value is -2.64. The molecule has 0 bridgehead atoms. The lowest BCUT2D eigenvalue weighted by molar-refractivity contribution is 0.304. The van der Waals surface area contributed by atoms with E-state index in [2.05, 4.69) is 15.8 Å². The van der Waals surface area contributed by atoms with Crippen LogP contribution in [-0.4, -0.2) is 43.7 Å². The maximum Gasteiger partial charge on any atom is 0.191 e. The van der Waals surface area contributed by atoms with Crippen LogP contribution in [0.4, 0.5) is 11.4 Å². The van der Waals surface area contributed by atoms with E-state index in [9.17, 15) is 0 Å². The predicted octanol–water partition coefficient (Wildman–Crippen LogP) is 2.44.